The molecular formula is C13H16N4. The second kappa shape index (κ2) is 4.20. The van der Waals surface area contributed by atoms with Crippen molar-refractivity contribution < 1.29 is 0 Å². The Morgan fingerprint density at radius 3 is 3.00 bits per heavy atom. The van der Waals surface area contributed by atoms with Gasteiger partial charge in [-0.3, -0.25) is 4.98 Å². The molecule has 2 heterocycles. The van der Waals surface area contributed by atoms with Crippen molar-refractivity contribution in [3.63, 3.8) is 0 Å². The van der Waals surface area contributed by atoms with Gasteiger partial charge in [-0.05, 0) is 31.4 Å². The zero-order chi connectivity index (χ0) is 11.7. The highest BCUT2D eigenvalue weighted by Crippen LogP contribution is 2.35. The van der Waals surface area contributed by atoms with E-state index in [4.69, 9.17) is 0 Å². The van der Waals surface area contributed by atoms with E-state index in [0.29, 0.717) is 6.04 Å². The van der Waals surface area contributed by atoms with Crippen molar-refractivity contribution in [2.45, 2.75) is 32.4 Å². The lowest BCUT2D eigenvalue weighted by atomic mass is 10.2. The third-order valence-corrected chi connectivity index (χ3v) is 3.19. The summed E-state index contributed by atoms with van der Waals surface area (Å²) in [4.78, 5) is 8.36. The van der Waals surface area contributed by atoms with Gasteiger partial charge in [-0.15, -0.1) is 0 Å². The number of nitrogens with zero attached hydrogens (tertiary/aromatic N) is 3. The molecule has 0 unspecified atom stereocenters. The minimum absolute atomic E-state index is 0.685. The molecule has 2 aromatic heterocycles. The van der Waals surface area contributed by atoms with Crippen LogP contribution in [0.1, 0.15) is 30.1 Å². The van der Waals surface area contributed by atoms with Gasteiger partial charge >= 0.3 is 0 Å². The topological polar surface area (TPSA) is 42.7 Å². The van der Waals surface area contributed by atoms with Gasteiger partial charge in [-0.1, -0.05) is 0 Å². The number of hydrogen-bond donors (Lipinski definition) is 1. The fourth-order valence-corrected chi connectivity index (χ4v) is 1.99. The van der Waals surface area contributed by atoms with Gasteiger partial charge in [0.1, 0.15) is 0 Å². The first-order valence-electron chi connectivity index (χ1n) is 6.00. The summed E-state index contributed by atoms with van der Waals surface area (Å²) in [5.74, 6) is 0. The smallest absolute Gasteiger partial charge is 0.0951 e. The molecule has 0 aromatic carbocycles. The highest BCUT2D eigenvalue weighted by Gasteiger charge is 2.24. The molecule has 4 heteroatoms. The molecule has 0 saturated heterocycles. The number of nitrogens with one attached hydrogen (secondary N) is 1. The van der Waals surface area contributed by atoms with Crippen LogP contribution in [0.25, 0.3) is 0 Å². The van der Waals surface area contributed by atoms with Crippen molar-refractivity contribution in [2.24, 2.45) is 0 Å². The van der Waals surface area contributed by atoms with Crippen LogP contribution in [0.2, 0.25) is 0 Å². The maximum atomic E-state index is 4.23. The number of imidazole rings is 1. The lowest BCUT2D eigenvalue weighted by molar-refractivity contribution is 0.701. The Hall–Kier alpha value is -1.84. The van der Waals surface area contributed by atoms with Crippen molar-refractivity contribution >= 4 is 5.69 Å². The number of rotatable bonds is 4. The molecule has 0 amide bonds. The van der Waals surface area contributed by atoms with Gasteiger partial charge in [0.15, 0.2) is 0 Å². The van der Waals surface area contributed by atoms with Crippen LogP contribution in [-0.2, 0) is 6.54 Å². The van der Waals surface area contributed by atoms with Crippen molar-refractivity contribution in [1.29, 1.82) is 0 Å². The van der Waals surface area contributed by atoms with Crippen LogP contribution in [0.4, 0.5) is 5.69 Å². The van der Waals surface area contributed by atoms with Crippen LogP contribution in [0.5, 0.6) is 0 Å². The predicted molar refractivity (Wildman–Crippen MR) is 66.8 cm³/mol. The molecular weight excluding hydrogens is 212 g/mol. The van der Waals surface area contributed by atoms with Crippen molar-refractivity contribution in [3.8, 4) is 0 Å². The second-order valence-corrected chi connectivity index (χ2v) is 4.57. The fourth-order valence-electron chi connectivity index (χ4n) is 1.99. The monoisotopic (exact) mass is 228 g/mol. The van der Waals surface area contributed by atoms with Gasteiger partial charge in [0.2, 0.25) is 0 Å². The minimum Gasteiger partial charge on any atom is -0.378 e. The number of anilines is 1. The molecule has 1 saturated carbocycles. The van der Waals surface area contributed by atoms with Gasteiger partial charge in [0.05, 0.1) is 30.5 Å². The SMILES string of the molecule is Cc1ccncc1NCc1cncn1C1CC1. The van der Waals surface area contributed by atoms with Crippen molar-refractivity contribution in [3.05, 3.63) is 42.2 Å². The summed E-state index contributed by atoms with van der Waals surface area (Å²) in [6.45, 7) is 2.89. The molecule has 2 aromatic rings. The van der Waals surface area contributed by atoms with E-state index in [9.17, 15) is 0 Å². The zero-order valence-electron chi connectivity index (χ0n) is 9.93. The Bertz CT molecular complexity index is 514. The maximum absolute atomic E-state index is 4.23. The summed E-state index contributed by atoms with van der Waals surface area (Å²) in [6, 6.07) is 2.70. The van der Waals surface area contributed by atoms with Crippen LogP contribution in [0, 0.1) is 6.92 Å². The van der Waals surface area contributed by atoms with Crippen LogP contribution >= 0.6 is 0 Å². The lowest BCUT2D eigenvalue weighted by Gasteiger charge is -2.10. The average molecular weight is 228 g/mol. The van der Waals surface area contributed by atoms with Crippen LogP contribution in [0.15, 0.2) is 31.0 Å². The van der Waals surface area contributed by atoms with Gasteiger partial charge in [-0.25, -0.2) is 4.98 Å². The highest BCUT2D eigenvalue weighted by molar-refractivity contribution is 5.48. The Balaban J connectivity index is 1.71. The largest absolute Gasteiger partial charge is 0.378 e. The van der Waals surface area contributed by atoms with Gasteiger partial charge in [0.25, 0.3) is 0 Å². The Morgan fingerprint density at radius 1 is 1.35 bits per heavy atom. The molecule has 0 bridgehead atoms. The summed E-state index contributed by atoms with van der Waals surface area (Å²) < 4.78 is 2.28. The van der Waals surface area contributed by atoms with E-state index < -0.39 is 0 Å². The quantitative estimate of drug-likeness (QED) is 0.874. The minimum atomic E-state index is 0.685. The number of hydrogen-bond acceptors (Lipinski definition) is 3. The summed E-state index contributed by atoms with van der Waals surface area (Å²) in [6.07, 6.45) is 10.1. The van der Waals surface area contributed by atoms with Gasteiger partial charge in [0, 0.05) is 18.4 Å². The third-order valence-electron chi connectivity index (χ3n) is 3.19. The molecule has 1 N–H and O–H groups in total. The molecule has 88 valence electrons. The molecule has 0 radical (unpaired) electrons. The average Bonchev–Trinajstić information content (AvgIpc) is 3.08. The third kappa shape index (κ3) is 2.16. The summed E-state index contributed by atoms with van der Waals surface area (Å²) in [5, 5.41) is 3.42. The number of aryl methyl sites for hydroxylation is 1. The van der Waals surface area contributed by atoms with E-state index in [2.05, 4.69) is 26.8 Å². The second-order valence-electron chi connectivity index (χ2n) is 4.57. The van der Waals surface area contributed by atoms with Crippen LogP contribution < -0.4 is 5.32 Å². The first-order valence-corrected chi connectivity index (χ1v) is 6.00. The first kappa shape index (κ1) is 10.3. The van der Waals surface area contributed by atoms with Gasteiger partial charge in [-0.2, -0.15) is 0 Å². The highest BCUT2D eigenvalue weighted by atomic mass is 15.1. The maximum Gasteiger partial charge on any atom is 0.0951 e. The number of aromatic nitrogens is 3. The number of pyridine rings is 1. The Morgan fingerprint density at radius 2 is 2.24 bits per heavy atom. The molecule has 0 spiro atoms. The Labute approximate surface area is 101 Å². The summed E-state index contributed by atoms with van der Waals surface area (Å²) in [7, 11) is 0. The van der Waals surface area contributed by atoms with Gasteiger partial charge < -0.3 is 9.88 Å². The summed E-state index contributed by atoms with van der Waals surface area (Å²) >= 11 is 0. The molecule has 4 nitrogen and oxygen atoms in total. The van der Waals surface area contributed by atoms with E-state index in [0.717, 1.165) is 12.2 Å². The van der Waals surface area contributed by atoms with E-state index >= 15 is 0 Å². The predicted octanol–water partition coefficient (Wildman–Crippen LogP) is 2.53. The standard InChI is InChI=1S/C13H16N4/c1-10-4-5-14-8-13(10)16-7-12-6-15-9-17(12)11-2-3-11/h4-6,8-9,11,16H,2-3,7H2,1H3. The van der Waals surface area contributed by atoms with E-state index in [-0.39, 0.29) is 0 Å². The molecule has 3 rings (SSSR count). The molecule has 1 fully saturated rings. The van der Waals surface area contributed by atoms with E-state index in [1.54, 1.807) is 0 Å². The molecule has 1 aliphatic rings. The van der Waals surface area contributed by atoms with Crippen LogP contribution in [0.3, 0.4) is 0 Å². The lowest BCUT2D eigenvalue weighted by Crippen LogP contribution is -2.06. The normalized spacial score (nSPS) is 14.9. The fraction of sp³-hybridized carbons (Fsp3) is 0.385. The summed E-state index contributed by atoms with van der Waals surface area (Å²) in [5.41, 5.74) is 3.56. The Kier molecular flexibility index (Phi) is 2.55. The zero-order valence-corrected chi connectivity index (χ0v) is 9.93. The molecule has 0 aliphatic heterocycles. The first-order chi connectivity index (χ1) is 8.34. The van der Waals surface area contributed by atoms with E-state index in [1.165, 1.54) is 24.1 Å². The molecule has 1 aliphatic carbocycles. The van der Waals surface area contributed by atoms with Crippen LogP contribution in [-0.4, -0.2) is 14.5 Å². The molecule has 17 heavy (non-hydrogen) atoms. The van der Waals surface area contributed by atoms with Crippen molar-refractivity contribution in [2.75, 3.05) is 5.32 Å². The molecule has 0 atom stereocenters. The van der Waals surface area contributed by atoms with E-state index in [1.807, 2.05) is 31.0 Å². The van der Waals surface area contributed by atoms with Crippen molar-refractivity contribution in [1.82, 2.24) is 14.5 Å².